The number of morpholine rings is 1. The average Bonchev–Trinajstić information content (AvgIpc) is 3.28. The Kier molecular flexibility index (Phi) is 8.35. The Balaban J connectivity index is 1.40. The second-order valence-electron chi connectivity index (χ2n) is 9.85. The molecule has 2 unspecified atom stereocenters. The van der Waals surface area contributed by atoms with E-state index in [1.807, 2.05) is 18.3 Å². The second kappa shape index (κ2) is 11.6. The van der Waals surface area contributed by atoms with Crippen molar-refractivity contribution in [3.8, 4) is 6.07 Å². The maximum Gasteiger partial charge on any atom is 0.318 e. The number of carbonyl (C=O) groups is 2. The van der Waals surface area contributed by atoms with Crippen LogP contribution < -0.4 is 10.6 Å². The highest BCUT2D eigenvalue weighted by Crippen LogP contribution is 2.28. The van der Waals surface area contributed by atoms with Crippen LogP contribution in [0.2, 0.25) is 0 Å². The highest BCUT2D eigenvalue weighted by molar-refractivity contribution is 5.88. The van der Waals surface area contributed by atoms with Gasteiger partial charge in [-0.15, -0.1) is 0 Å². The molecule has 1 saturated carbocycles. The minimum Gasteiger partial charge on any atom is -0.378 e. The third kappa shape index (κ3) is 6.45. The van der Waals surface area contributed by atoms with Crippen molar-refractivity contribution in [2.24, 2.45) is 5.92 Å². The number of nitrogens with one attached hydrogen (secondary N) is 2. The molecule has 1 aromatic rings. The van der Waals surface area contributed by atoms with E-state index >= 15 is 0 Å². The lowest BCUT2D eigenvalue weighted by molar-refractivity contribution is -0.124. The molecule has 3 fully saturated rings. The molecule has 2 N–H and O–H groups in total. The molecule has 184 valence electrons. The van der Waals surface area contributed by atoms with Crippen LogP contribution in [0.25, 0.3) is 0 Å². The van der Waals surface area contributed by atoms with Crippen LogP contribution in [0.5, 0.6) is 0 Å². The molecule has 34 heavy (non-hydrogen) atoms. The summed E-state index contributed by atoms with van der Waals surface area (Å²) in [5.74, 6) is 0.162. The Morgan fingerprint density at radius 1 is 1.24 bits per heavy atom. The summed E-state index contributed by atoms with van der Waals surface area (Å²) in [5, 5.41) is 16.1. The maximum absolute atomic E-state index is 13.5. The van der Waals surface area contributed by atoms with Gasteiger partial charge in [0.2, 0.25) is 5.91 Å². The van der Waals surface area contributed by atoms with Gasteiger partial charge < -0.3 is 20.3 Å². The number of amides is 3. The first-order chi connectivity index (χ1) is 16.6. The molecule has 3 aliphatic rings. The van der Waals surface area contributed by atoms with Gasteiger partial charge >= 0.3 is 6.03 Å². The van der Waals surface area contributed by atoms with Gasteiger partial charge in [0.15, 0.2) is 0 Å². The van der Waals surface area contributed by atoms with Crippen LogP contribution in [0, 0.1) is 17.2 Å². The molecule has 1 aliphatic carbocycles. The summed E-state index contributed by atoms with van der Waals surface area (Å²) in [7, 11) is 0. The van der Waals surface area contributed by atoms with Crippen LogP contribution >= 0.6 is 0 Å². The summed E-state index contributed by atoms with van der Waals surface area (Å²) in [6, 6.07) is 5.41. The van der Waals surface area contributed by atoms with Crippen molar-refractivity contribution in [2.45, 2.75) is 63.1 Å². The lowest BCUT2D eigenvalue weighted by Crippen LogP contribution is -2.58. The van der Waals surface area contributed by atoms with E-state index in [2.05, 4.69) is 26.6 Å². The first-order valence-electron chi connectivity index (χ1n) is 12.5. The van der Waals surface area contributed by atoms with Crippen LogP contribution in [0.3, 0.4) is 0 Å². The summed E-state index contributed by atoms with van der Waals surface area (Å²) in [4.78, 5) is 34.4. The lowest BCUT2D eigenvalue weighted by Gasteiger charge is -2.32. The number of aromatic nitrogens is 1. The van der Waals surface area contributed by atoms with Crippen molar-refractivity contribution in [2.75, 3.05) is 39.4 Å². The van der Waals surface area contributed by atoms with Crippen molar-refractivity contribution >= 4 is 11.9 Å². The average molecular weight is 469 g/mol. The lowest BCUT2D eigenvalue weighted by atomic mass is 9.84. The molecule has 9 heteroatoms. The van der Waals surface area contributed by atoms with Crippen molar-refractivity contribution < 1.29 is 14.3 Å². The van der Waals surface area contributed by atoms with Gasteiger partial charge in [-0.1, -0.05) is 38.2 Å². The van der Waals surface area contributed by atoms with E-state index in [4.69, 9.17) is 4.74 Å². The molecule has 1 aromatic heterocycles. The third-order valence-corrected chi connectivity index (χ3v) is 7.26. The number of hydrogen-bond donors (Lipinski definition) is 2. The van der Waals surface area contributed by atoms with E-state index in [0.29, 0.717) is 58.2 Å². The molecule has 3 heterocycles. The Labute approximate surface area is 201 Å². The van der Waals surface area contributed by atoms with Gasteiger partial charge in [0.25, 0.3) is 0 Å². The maximum atomic E-state index is 13.5. The van der Waals surface area contributed by atoms with E-state index in [1.54, 1.807) is 11.1 Å². The quantitative estimate of drug-likeness (QED) is 0.634. The molecule has 9 nitrogen and oxygen atoms in total. The normalized spacial score (nSPS) is 24.9. The zero-order valence-corrected chi connectivity index (χ0v) is 19.9. The molecule has 2 aliphatic heterocycles. The highest BCUT2D eigenvalue weighted by atomic mass is 16.5. The van der Waals surface area contributed by atoms with Gasteiger partial charge in [-0.25, -0.2) is 4.79 Å². The van der Waals surface area contributed by atoms with E-state index in [0.717, 1.165) is 24.9 Å². The van der Waals surface area contributed by atoms with E-state index in [1.165, 1.54) is 19.3 Å². The van der Waals surface area contributed by atoms with Gasteiger partial charge in [-0.2, -0.15) is 5.26 Å². The van der Waals surface area contributed by atoms with Crippen molar-refractivity contribution in [3.05, 3.63) is 30.1 Å². The zero-order valence-electron chi connectivity index (χ0n) is 19.9. The fourth-order valence-electron chi connectivity index (χ4n) is 5.31. The molecule has 4 rings (SSSR count). The fourth-order valence-corrected chi connectivity index (χ4v) is 5.31. The smallest absolute Gasteiger partial charge is 0.318 e. The van der Waals surface area contributed by atoms with Crippen LogP contribution in [-0.4, -0.2) is 77.7 Å². The largest absolute Gasteiger partial charge is 0.378 e. The number of rotatable bonds is 7. The number of carbonyl (C=O) groups excluding carboxylic acids is 2. The topological polar surface area (TPSA) is 111 Å². The van der Waals surface area contributed by atoms with Crippen LogP contribution in [0.4, 0.5) is 4.79 Å². The number of urea groups is 1. The number of hydrogen-bond acceptors (Lipinski definition) is 6. The standard InChI is InChI=1S/C25H36N6O3/c26-18-25(8-10-30(19-25)17-21-7-4-9-27-16-21)29-23(32)22(15-20-5-2-1-3-6-20)28-24(33)31-11-13-34-14-12-31/h4,7,9,16,20,22H,1-3,5-6,8,10-15,17,19H2,(H,28,33)(H,29,32). The monoisotopic (exact) mass is 468 g/mol. The van der Waals surface area contributed by atoms with Crippen molar-refractivity contribution in [1.82, 2.24) is 25.4 Å². The zero-order chi connectivity index (χ0) is 23.8. The Morgan fingerprint density at radius 2 is 2.03 bits per heavy atom. The van der Waals surface area contributed by atoms with Crippen LogP contribution in [0.15, 0.2) is 24.5 Å². The van der Waals surface area contributed by atoms with Gasteiger partial charge in [-0.3, -0.25) is 14.7 Å². The minimum absolute atomic E-state index is 0.227. The van der Waals surface area contributed by atoms with Gasteiger partial charge in [0.1, 0.15) is 11.6 Å². The molecular formula is C25H36N6O3. The third-order valence-electron chi connectivity index (χ3n) is 7.26. The van der Waals surface area contributed by atoms with E-state index in [9.17, 15) is 14.9 Å². The van der Waals surface area contributed by atoms with Gasteiger partial charge in [-0.05, 0) is 30.4 Å². The molecule has 3 amide bonds. The summed E-state index contributed by atoms with van der Waals surface area (Å²) >= 11 is 0. The predicted octanol–water partition coefficient (Wildman–Crippen LogP) is 2.05. The number of ether oxygens (including phenoxy) is 1. The number of pyridine rings is 1. The summed E-state index contributed by atoms with van der Waals surface area (Å²) in [5.41, 5.74) is 0.129. The Hall–Kier alpha value is -2.70. The number of nitriles is 1. The SMILES string of the molecule is N#CC1(NC(=O)C(CC2CCCCC2)NC(=O)N2CCOCC2)CCN(Cc2cccnc2)C1. The van der Waals surface area contributed by atoms with Crippen molar-refractivity contribution in [1.29, 1.82) is 5.26 Å². The minimum atomic E-state index is -0.951. The molecule has 0 spiro atoms. The van der Waals surface area contributed by atoms with E-state index in [-0.39, 0.29) is 11.9 Å². The molecular weight excluding hydrogens is 432 g/mol. The summed E-state index contributed by atoms with van der Waals surface area (Å²) in [6.45, 7) is 3.93. The second-order valence-corrected chi connectivity index (χ2v) is 9.85. The molecule has 0 bridgehead atoms. The molecule has 0 radical (unpaired) electrons. The Morgan fingerprint density at radius 3 is 2.74 bits per heavy atom. The molecule has 2 saturated heterocycles. The first kappa shape index (κ1) is 24.4. The summed E-state index contributed by atoms with van der Waals surface area (Å²) < 4.78 is 5.35. The first-order valence-corrected chi connectivity index (χ1v) is 12.5. The molecule has 2 atom stereocenters. The number of likely N-dealkylation sites (tertiary alicyclic amines) is 1. The fraction of sp³-hybridized carbons (Fsp3) is 0.680. The predicted molar refractivity (Wildman–Crippen MR) is 127 cm³/mol. The van der Waals surface area contributed by atoms with Crippen LogP contribution in [-0.2, 0) is 16.1 Å². The van der Waals surface area contributed by atoms with Crippen LogP contribution in [0.1, 0.15) is 50.5 Å². The highest BCUT2D eigenvalue weighted by Gasteiger charge is 2.41. The van der Waals surface area contributed by atoms with Gasteiger partial charge in [0.05, 0.1) is 19.3 Å². The number of nitrogens with zero attached hydrogens (tertiary/aromatic N) is 4. The molecule has 0 aromatic carbocycles. The van der Waals surface area contributed by atoms with Gasteiger partial charge in [0, 0.05) is 45.1 Å². The summed E-state index contributed by atoms with van der Waals surface area (Å²) in [6.07, 6.45) is 10.5. The van der Waals surface area contributed by atoms with E-state index < -0.39 is 11.6 Å². The van der Waals surface area contributed by atoms with Crippen molar-refractivity contribution in [3.63, 3.8) is 0 Å². The Bertz CT molecular complexity index is 863.